The van der Waals surface area contributed by atoms with Crippen molar-refractivity contribution in [2.45, 2.75) is 31.9 Å². The molecule has 218 valence electrons. The second-order valence-electron chi connectivity index (χ2n) is 10.5. The Morgan fingerprint density at radius 3 is 2.59 bits per heavy atom. The Hall–Kier alpha value is -3.74. The van der Waals surface area contributed by atoms with Gasteiger partial charge in [-0.2, -0.15) is 0 Å². The standard InChI is InChI=1S/C29H32F3N5O4/c1-16-13-37(14-22(33)28(16)38)25-4-7-34-12-24(25)36-29(39)23-3-2-19(30)27(35-23)26-20(31)10-18(11-21(26)32)41-15-17-5-8-40-9-6-17/h2-4,7,10-12,16-17,22,28,38H,5-6,8-9,13-15,33H2,1H3,(H,36,39)/t16-,22+,28+/m0/s1. The van der Waals surface area contributed by atoms with Crippen molar-refractivity contribution in [2.24, 2.45) is 17.6 Å². The van der Waals surface area contributed by atoms with Gasteiger partial charge in [-0.3, -0.25) is 9.78 Å². The Morgan fingerprint density at radius 2 is 1.88 bits per heavy atom. The van der Waals surface area contributed by atoms with E-state index in [9.17, 15) is 14.3 Å². The fourth-order valence-electron chi connectivity index (χ4n) is 5.19. The van der Waals surface area contributed by atoms with Gasteiger partial charge in [0.15, 0.2) is 0 Å². The van der Waals surface area contributed by atoms with Gasteiger partial charge in [-0.05, 0) is 37.0 Å². The molecule has 0 saturated carbocycles. The first-order chi connectivity index (χ1) is 19.7. The fourth-order valence-corrected chi connectivity index (χ4v) is 5.19. The first kappa shape index (κ1) is 28.8. The minimum absolute atomic E-state index is 0.0204. The number of ether oxygens (including phenoxy) is 2. The number of hydrogen-bond acceptors (Lipinski definition) is 8. The van der Waals surface area contributed by atoms with E-state index in [1.807, 2.05) is 11.8 Å². The highest BCUT2D eigenvalue weighted by Gasteiger charge is 2.32. The lowest BCUT2D eigenvalue weighted by molar-refractivity contribution is 0.0496. The second-order valence-corrected chi connectivity index (χ2v) is 10.5. The molecule has 0 spiro atoms. The summed E-state index contributed by atoms with van der Waals surface area (Å²) in [5.41, 5.74) is 5.46. The molecule has 2 fully saturated rings. The van der Waals surface area contributed by atoms with Crippen LogP contribution in [-0.2, 0) is 4.74 Å². The molecule has 12 heteroatoms. The van der Waals surface area contributed by atoms with Crippen molar-refractivity contribution in [3.8, 4) is 17.0 Å². The summed E-state index contributed by atoms with van der Waals surface area (Å²) < 4.78 is 55.9. The van der Waals surface area contributed by atoms with Crippen molar-refractivity contribution in [1.82, 2.24) is 9.97 Å². The largest absolute Gasteiger partial charge is 0.493 e. The normalized spacial score (nSPS) is 21.5. The van der Waals surface area contributed by atoms with Gasteiger partial charge in [0.25, 0.3) is 5.91 Å². The predicted molar refractivity (Wildman–Crippen MR) is 146 cm³/mol. The smallest absolute Gasteiger partial charge is 0.274 e. The zero-order chi connectivity index (χ0) is 29.1. The van der Waals surface area contributed by atoms with Gasteiger partial charge in [-0.25, -0.2) is 18.2 Å². The number of nitrogens with one attached hydrogen (secondary N) is 1. The molecule has 4 N–H and O–H groups in total. The van der Waals surface area contributed by atoms with Crippen molar-refractivity contribution < 1.29 is 32.5 Å². The van der Waals surface area contributed by atoms with Crippen molar-refractivity contribution in [2.75, 3.05) is 43.1 Å². The molecule has 2 aliphatic rings. The van der Waals surface area contributed by atoms with Gasteiger partial charge >= 0.3 is 0 Å². The quantitative estimate of drug-likeness (QED) is 0.392. The van der Waals surface area contributed by atoms with Crippen molar-refractivity contribution in [3.63, 3.8) is 0 Å². The lowest BCUT2D eigenvalue weighted by Gasteiger charge is -2.40. The molecule has 2 aromatic heterocycles. The summed E-state index contributed by atoms with van der Waals surface area (Å²) in [6, 6.07) is 5.24. The van der Waals surface area contributed by atoms with Crippen LogP contribution in [0, 0.1) is 29.3 Å². The molecule has 0 unspecified atom stereocenters. The van der Waals surface area contributed by atoms with E-state index in [1.54, 1.807) is 12.3 Å². The number of rotatable bonds is 7. The molecule has 41 heavy (non-hydrogen) atoms. The maximum absolute atomic E-state index is 15.1. The minimum Gasteiger partial charge on any atom is -0.493 e. The summed E-state index contributed by atoms with van der Waals surface area (Å²) in [5.74, 6) is -3.77. The number of aliphatic hydroxyl groups excluding tert-OH is 1. The van der Waals surface area contributed by atoms with Gasteiger partial charge in [0.05, 0.1) is 35.8 Å². The van der Waals surface area contributed by atoms with E-state index in [1.165, 1.54) is 6.20 Å². The molecule has 2 saturated heterocycles. The van der Waals surface area contributed by atoms with E-state index in [0.29, 0.717) is 37.7 Å². The van der Waals surface area contributed by atoms with Gasteiger partial charge in [0.2, 0.25) is 0 Å². The maximum atomic E-state index is 15.1. The number of pyridine rings is 2. The van der Waals surface area contributed by atoms with E-state index in [4.69, 9.17) is 15.2 Å². The third kappa shape index (κ3) is 6.45. The molecule has 0 bridgehead atoms. The summed E-state index contributed by atoms with van der Waals surface area (Å²) in [7, 11) is 0. The average molecular weight is 572 g/mol. The number of nitrogens with zero attached hydrogens (tertiary/aromatic N) is 3. The summed E-state index contributed by atoms with van der Waals surface area (Å²) in [5, 5.41) is 12.9. The Morgan fingerprint density at radius 1 is 1.15 bits per heavy atom. The van der Waals surface area contributed by atoms with Crippen molar-refractivity contribution in [3.05, 3.63) is 65.9 Å². The van der Waals surface area contributed by atoms with Crippen LogP contribution in [0.1, 0.15) is 30.3 Å². The molecule has 9 nitrogen and oxygen atoms in total. The van der Waals surface area contributed by atoms with E-state index < -0.39 is 46.8 Å². The third-order valence-electron chi connectivity index (χ3n) is 7.51. The van der Waals surface area contributed by atoms with Crippen LogP contribution in [0.2, 0.25) is 0 Å². The van der Waals surface area contributed by atoms with Crippen LogP contribution >= 0.6 is 0 Å². The molecule has 1 aromatic carbocycles. The van der Waals surface area contributed by atoms with E-state index >= 15 is 8.78 Å². The monoisotopic (exact) mass is 571 g/mol. The SMILES string of the molecule is C[C@H]1CN(c2ccncc2NC(=O)c2ccc(F)c(-c3c(F)cc(OCC4CCOCC4)cc3F)n2)C[C@@H](N)[C@@H]1O. The molecular formula is C29H32F3N5O4. The minimum atomic E-state index is -1.07. The fraction of sp³-hybridized carbons (Fsp3) is 0.414. The van der Waals surface area contributed by atoms with Crippen LogP contribution < -0.4 is 20.7 Å². The number of hydrogen-bond donors (Lipinski definition) is 3. The Labute approximate surface area is 235 Å². The van der Waals surface area contributed by atoms with Crippen LogP contribution in [0.4, 0.5) is 24.5 Å². The van der Waals surface area contributed by atoms with Gasteiger partial charge < -0.3 is 30.5 Å². The highest BCUT2D eigenvalue weighted by atomic mass is 19.1. The van der Waals surface area contributed by atoms with E-state index in [0.717, 1.165) is 37.1 Å². The maximum Gasteiger partial charge on any atom is 0.274 e. The van der Waals surface area contributed by atoms with Gasteiger partial charge in [-0.15, -0.1) is 0 Å². The van der Waals surface area contributed by atoms with Crippen molar-refractivity contribution >= 4 is 17.3 Å². The summed E-state index contributed by atoms with van der Waals surface area (Å²) in [4.78, 5) is 23.1. The molecule has 3 atom stereocenters. The van der Waals surface area contributed by atoms with Gasteiger partial charge in [0, 0.05) is 56.6 Å². The van der Waals surface area contributed by atoms with Gasteiger partial charge in [-0.1, -0.05) is 6.92 Å². The first-order valence-corrected chi connectivity index (χ1v) is 13.5. The lowest BCUT2D eigenvalue weighted by Crippen LogP contribution is -2.55. The molecule has 0 aliphatic carbocycles. The van der Waals surface area contributed by atoms with Crippen LogP contribution in [-0.4, -0.2) is 66.0 Å². The summed E-state index contributed by atoms with van der Waals surface area (Å²) in [6.07, 6.45) is 3.93. The van der Waals surface area contributed by atoms with Crippen molar-refractivity contribution in [1.29, 1.82) is 0 Å². The number of carbonyl (C=O) groups excluding carboxylic acids is 1. The molecule has 2 aliphatic heterocycles. The number of nitrogens with two attached hydrogens (primary N) is 1. The highest BCUT2D eigenvalue weighted by Crippen LogP contribution is 2.32. The number of piperidine rings is 1. The predicted octanol–water partition coefficient (Wildman–Crippen LogP) is 3.76. The summed E-state index contributed by atoms with van der Waals surface area (Å²) >= 11 is 0. The Kier molecular flexibility index (Phi) is 8.71. The number of aromatic nitrogens is 2. The summed E-state index contributed by atoms with van der Waals surface area (Å²) in [6.45, 7) is 4.23. The molecule has 0 radical (unpaired) electrons. The zero-order valence-corrected chi connectivity index (χ0v) is 22.5. The molecule has 4 heterocycles. The number of aliphatic hydroxyl groups is 1. The van der Waals surface area contributed by atoms with Crippen LogP contribution in [0.3, 0.4) is 0 Å². The lowest BCUT2D eigenvalue weighted by atomic mass is 9.92. The molecule has 1 amide bonds. The van der Waals surface area contributed by atoms with Crippen LogP contribution in [0.25, 0.3) is 11.3 Å². The topological polar surface area (TPSA) is 123 Å². The Balaban J connectivity index is 1.35. The van der Waals surface area contributed by atoms with E-state index in [-0.39, 0.29) is 29.9 Å². The average Bonchev–Trinajstić information content (AvgIpc) is 2.96. The number of carbonyl (C=O) groups is 1. The molecule has 5 rings (SSSR count). The van der Waals surface area contributed by atoms with Gasteiger partial charge in [0.1, 0.15) is 34.6 Å². The van der Waals surface area contributed by atoms with Crippen LogP contribution in [0.15, 0.2) is 42.7 Å². The number of anilines is 2. The van der Waals surface area contributed by atoms with Crippen LogP contribution in [0.5, 0.6) is 5.75 Å². The zero-order valence-electron chi connectivity index (χ0n) is 22.5. The molecular weight excluding hydrogens is 539 g/mol. The highest BCUT2D eigenvalue weighted by molar-refractivity contribution is 6.04. The first-order valence-electron chi connectivity index (χ1n) is 13.5. The second kappa shape index (κ2) is 12.4. The number of amides is 1. The number of halogens is 3. The number of benzene rings is 1. The Bertz CT molecular complexity index is 1370. The third-order valence-corrected chi connectivity index (χ3v) is 7.51. The molecule has 3 aromatic rings. The van der Waals surface area contributed by atoms with E-state index in [2.05, 4.69) is 15.3 Å².